The Balaban J connectivity index is 2.96. The van der Waals surface area contributed by atoms with Crippen molar-refractivity contribution in [1.29, 1.82) is 0 Å². The smallest absolute Gasteiger partial charge is 0.423 e. The van der Waals surface area contributed by atoms with Crippen LogP contribution in [0, 0.1) is 0 Å². The minimum atomic E-state index is -1.42. The predicted molar refractivity (Wildman–Crippen MR) is 42.5 cm³/mol. The Hall–Kier alpha value is -0.805. The third-order valence-corrected chi connectivity index (χ3v) is 1.53. The van der Waals surface area contributed by atoms with Crippen LogP contribution in [0.1, 0.15) is 25.5 Å². The van der Waals surface area contributed by atoms with E-state index in [0.717, 1.165) is 0 Å². The maximum atomic E-state index is 8.84. The molecule has 11 heavy (non-hydrogen) atoms. The van der Waals surface area contributed by atoms with Gasteiger partial charge < -0.3 is 10.0 Å². The molecule has 1 aromatic rings. The molecule has 0 amide bonds. The molecule has 0 fully saturated rings. The van der Waals surface area contributed by atoms with Gasteiger partial charge in [0.25, 0.3) is 0 Å². The van der Waals surface area contributed by atoms with Crippen molar-refractivity contribution < 1.29 is 10.0 Å². The molecule has 0 aliphatic rings. The van der Waals surface area contributed by atoms with E-state index in [1.807, 2.05) is 13.8 Å². The molecule has 60 valence electrons. The number of nitrogens with zero attached hydrogens (tertiary/aromatic N) is 1. The molecule has 1 heterocycles. The molecule has 5 heteroatoms. The maximum absolute atomic E-state index is 8.84. The lowest BCUT2D eigenvalue weighted by molar-refractivity contribution is 0.425. The fourth-order valence-electron chi connectivity index (χ4n) is 0.979. The summed E-state index contributed by atoms with van der Waals surface area (Å²) in [5.41, 5.74) is 1.17. The summed E-state index contributed by atoms with van der Waals surface area (Å²) in [6.45, 7) is 3.89. The molecule has 0 aliphatic heterocycles. The lowest BCUT2D eigenvalue weighted by Gasteiger charge is -2.02. The summed E-state index contributed by atoms with van der Waals surface area (Å²) in [6, 6.07) is 0. The van der Waals surface area contributed by atoms with Gasteiger partial charge in [0.15, 0.2) is 0 Å². The molecule has 0 saturated carbocycles. The minimum Gasteiger partial charge on any atom is -0.423 e. The summed E-state index contributed by atoms with van der Waals surface area (Å²) in [5.74, 6) is 0.207. The van der Waals surface area contributed by atoms with Gasteiger partial charge in [0, 0.05) is 11.7 Å². The van der Waals surface area contributed by atoms with E-state index in [2.05, 4.69) is 10.2 Å². The number of rotatable bonds is 2. The zero-order valence-corrected chi connectivity index (χ0v) is 6.57. The minimum absolute atomic E-state index is 0.207. The Bertz CT molecular complexity index is 212. The first-order chi connectivity index (χ1) is 5.13. The number of hydrogen-bond acceptors (Lipinski definition) is 3. The fraction of sp³-hybridized carbons (Fsp3) is 0.500. The third-order valence-electron chi connectivity index (χ3n) is 1.53. The highest BCUT2D eigenvalue weighted by Crippen LogP contribution is 2.07. The van der Waals surface area contributed by atoms with Crippen molar-refractivity contribution in [3.8, 4) is 0 Å². The molecule has 0 radical (unpaired) electrons. The van der Waals surface area contributed by atoms with Crippen LogP contribution in [0.25, 0.3) is 0 Å². The van der Waals surface area contributed by atoms with Gasteiger partial charge in [-0.15, -0.1) is 0 Å². The topological polar surface area (TPSA) is 69.1 Å². The summed E-state index contributed by atoms with van der Waals surface area (Å²) >= 11 is 0. The zero-order chi connectivity index (χ0) is 8.43. The molecule has 3 N–H and O–H groups in total. The first kappa shape index (κ1) is 8.29. The van der Waals surface area contributed by atoms with Crippen LogP contribution in [-0.4, -0.2) is 27.4 Å². The monoisotopic (exact) mass is 154 g/mol. The van der Waals surface area contributed by atoms with Gasteiger partial charge in [0.2, 0.25) is 0 Å². The van der Waals surface area contributed by atoms with Gasteiger partial charge in [0.05, 0.1) is 5.69 Å². The second kappa shape index (κ2) is 3.06. The number of H-pyrrole nitrogens is 1. The third kappa shape index (κ3) is 1.61. The van der Waals surface area contributed by atoms with Gasteiger partial charge in [-0.3, -0.25) is 5.10 Å². The van der Waals surface area contributed by atoms with Crippen molar-refractivity contribution in [1.82, 2.24) is 10.2 Å². The van der Waals surface area contributed by atoms with Gasteiger partial charge in [0.1, 0.15) is 0 Å². The van der Waals surface area contributed by atoms with Crippen LogP contribution in [-0.2, 0) is 0 Å². The molecule has 1 aromatic heterocycles. The summed E-state index contributed by atoms with van der Waals surface area (Å²) < 4.78 is 0. The molecule has 4 nitrogen and oxygen atoms in total. The first-order valence-corrected chi connectivity index (χ1v) is 3.52. The lowest BCUT2D eigenvalue weighted by atomic mass is 9.78. The fourth-order valence-corrected chi connectivity index (χ4v) is 0.979. The van der Waals surface area contributed by atoms with Crippen molar-refractivity contribution in [2.45, 2.75) is 19.8 Å². The lowest BCUT2D eigenvalue weighted by Crippen LogP contribution is -2.32. The molecule has 0 bridgehead atoms. The Labute approximate surface area is 65.4 Å². The second-order valence-electron chi connectivity index (χ2n) is 2.75. The predicted octanol–water partition coefficient (Wildman–Crippen LogP) is -0.787. The summed E-state index contributed by atoms with van der Waals surface area (Å²) in [5, 5.41) is 24.2. The van der Waals surface area contributed by atoms with Crippen molar-refractivity contribution in [3.05, 3.63) is 11.9 Å². The van der Waals surface area contributed by atoms with Gasteiger partial charge in [-0.25, -0.2) is 0 Å². The maximum Gasteiger partial charge on any atom is 0.491 e. The van der Waals surface area contributed by atoms with Gasteiger partial charge in [-0.05, 0) is 5.92 Å². The molecular formula is C6H11BN2O2. The number of nitrogens with one attached hydrogen (secondary N) is 1. The first-order valence-electron chi connectivity index (χ1n) is 3.52. The van der Waals surface area contributed by atoms with E-state index in [1.165, 1.54) is 6.20 Å². The largest absolute Gasteiger partial charge is 0.491 e. The Morgan fingerprint density at radius 1 is 1.55 bits per heavy atom. The Kier molecular flexibility index (Phi) is 2.31. The van der Waals surface area contributed by atoms with Crippen LogP contribution in [0.4, 0.5) is 0 Å². The van der Waals surface area contributed by atoms with Crippen molar-refractivity contribution in [2.24, 2.45) is 0 Å². The quantitative estimate of drug-likeness (QED) is 0.489. The average molecular weight is 154 g/mol. The molecule has 1 rings (SSSR count). The molecule has 0 atom stereocenters. The normalized spacial score (nSPS) is 10.6. The van der Waals surface area contributed by atoms with E-state index < -0.39 is 7.12 Å². The standard InChI is InChI=1S/C6H11BN2O2/c1-4(2)6-5(7(10)11)3-8-9-6/h3-4,10-11H,1-2H3,(H,8,9). The molecule has 0 aliphatic carbocycles. The van der Waals surface area contributed by atoms with Crippen molar-refractivity contribution >= 4 is 12.6 Å². The highest BCUT2D eigenvalue weighted by Gasteiger charge is 2.19. The SMILES string of the molecule is CC(C)c1n[nH]cc1B(O)O. The van der Waals surface area contributed by atoms with Crippen LogP contribution in [0.2, 0.25) is 0 Å². The Morgan fingerprint density at radius 3 is 2.55 bits per heavy atom. The van der Waals surface area contributed by atoms with E-state index in [-0.39, 0.29) is 5.92 Å². The van der Waals surface area contributed by atoms with E-state index in [4.69, 9.17) is 10.0 Å². The van der Waals surface area contributed by atoms with Crippen LogP contribution in [0.15, 0.2) is 6.20 Å². The van der Waals surface area contributed by atoms with Crippen LogP contribution in [0.3, 0.4) is 0 Å². The van der Waals surface area contributed by atoms with E-state index >= 15 is 0 Å². The highest BCUT2D eigenvalue weighted by atomic mass is 16.4. The highest BCUT2D eigenvalue weighted by molar-refractivity contribution is 6.59. The molecule has 0 saturated heterocycles. The van der Waals surface area contributed by atoms with Crippen LogP contribution < -0.4 is 5.46 Å². The number of hydrogen-bond donors (Lipinski definition) is 3. The summed E-state index contributed by atoms with van der Waals surface area (Å²) in [6.07, 6.45) is 1.50. The van der Waals surface area contributed by atoms with Gasteiger partial charge in [-0.2, -0.15) is 5.10 Å². The average Bonchev–Trinajstić information content (AvgIpc) is 2.32. The second-order valence-corrected chi connectivity index (χ2v) is 2.75. The number of aromatic nitrogens is 2. The van der Waals surface area contributed by atoms with Gasteiger partial charge >= 0.3 is 7.12 Å². The van der Waals surface area contributed by atoms with Crippen LogP contribution in [0.5, 0.6) is 0 Å². The van der Waals surface area contributed by atoms with E-state index in [1.54, 1.807) is 0 Å². The van der Waals surface area contributed by atoms with Gasteiger partial charge in [-0.1, -0.05) is 13.8 Å². The number of aromatic amines is 1. The zero-order valence-electron chi connectivity index (χ0n) is 6.57. The van der Waals surface area contributed by atoms with Crippen molar-refractivity contribution in [2.75, 3.05) is 0 Å². The van der Waals surface area contributed by atoms with Crippen LogP contribution >= 0.6 is 0 Å². The summed E-state index contributed by atoms with van der Waals surface area (Å²) in [4.78, 5) is 0. The Morgan fingerprint density at radius 2 is 2.18 bits per heavy atom. The van der Waals surface area contributed by atoms with Crippen molar-refractivity contribution in [3.63, 3.8) is 0 Å². The van der Waals surface area contributed by atoms with E-state index in [9.17, 15) is 0 Å². The van der Waals surface area contributed by atoms with E-state index in [0.29, 0.717) is 11.2 Å². The summed E-state index contributed by atoms with van der Waals surface area (Å²) in [7, 11) is -1.42. The molecule has 0 unspecified atom stereocenters. The molecule has 0 aromatic carbocycles. The molecule has 0 spiro atoms. The molecular weight excluding hydrogens is 143 g/mol.